The predicted octanol–water partition coefficient (Wildman–Crippen LogP) is 2.75. The van der Waals surface area contributed by atoms with Gasteiger partial charge in [-0.25, -0.2) is 4.79 Å². The summed E-state index contributed by atoms with van der Waals surface area (Å²) in [4.78, 5) is 11.2. The van der Waals surface area contributed by atoms with E-state index in [1.807, 2.05) is 30.3 Å². The van der Waals surface area contributed by atoms with E-state index in [4.69, 9.17) is 19.6 Å². The quantitative estimate of drug-likeness (QED) is 0.388. The molecule has 0 radical (unpaired) electrons. The van der Waals surface area contributed by atoms with Crippen LogP contribution in [0.5, 0.6) is 0 Å². The van der Waals surface area contributed by atoms with Crippen LogP contribution in [0.3, 0.4) is 0 Å². The first kappa shape index (κ1) is 18.1. The van der Waals surface area contributed by atoms with Gasteiger partial charge in [-0.3, -0.25) is 0 Å². The minimum atomic E-state index is -0.362. The summed E-state index contributed by atoms with van der Waals surface area (Å²) < 4.78 is 15.9. The lowest BCUT2D eigenvalue weighted by Gasteiger charge is -2.15. The first-order valence-electron chi connectivity index (χ1n) is 7.31. The van der Waals surface area contributed by atoms with Gasteiger partial charge in [0, 0.05) is 12.3 Å². The molecule has 1 aromatic rings. The van der Waals surface area contributed by atoms with Gasteiger partial charge in [0.15, 0.2) is 0 Å². The lowest BCUT2D eigenvalue weighted by atomic mass is 10.2. The molecule has 0 amide bonds. The monoisotopic (exact) mass is 305 g/mol. The average Bonchev–Trinajstić information content (AvgIpc) is 2.53. The lowest BCUT2D eigenvalue weighted by molar-refractivity contribution is -0.137. The molecular formula is C17H23NO4. The predicted molar refractivity (Wildman–Crippen MR) is 85.0 cm³/mol. The Morgan fingerprint density at radius 2 is 2.09 bits per heavy atom. The Labute approximate surface area is 131 Å². The minimum Gasteiger partial charge on any atom is -0.463 e. The zero-order valence-corrected chi connectivity index (χ0v) is 12.9. The van der Waals surface area contributed by atoms with E-state index >= 15 is 0 Å². The van der Waals surface area contributed by atoms with E-state index in [0.717, 1.165) is 5.56 Å². The van der Waals surface area contributed by atoms with Crippen LogP contribution in [0, 0.1) is 5.41 Å². The van der Waals surface area contributed by atoms with E-state index in [1.165, 1.54) is 12.3 Å². The summed E-state index contributed by atoms with van der Waals surface area (Å²) in [7, 11) is 0. The molecule has 5 nitrogen and oxygen atoms in total. The van der Waals surface area contributed by atoms with Gasteiger partial charge in [0.2, 0.25) is 0 Å². The summed E-state index contributed by atoms with van der Waals surface area (Å²) in [6, 6.07) is 9.87. The molecule has 0 heterocycles. The highest BCUT2D eigenvalue weighted by Gasteiger charge is 2.08. The molecule has 1 atom stereocenters. The highest BCUT2D eigenvalue weighted by Crippen LogP contribution is 2.05. The van der Waals surface area contributed by atoms with Crippen LogP contribution in [0.4, 0.5) is 0 Å². The van der Waals surface area contributed by atoms with Crippen LogP contribution in [0.2, 0.25) is 0 Å². The number of carbonyl (C=O) groups is 1. The van der Waals surface area contributed by atoms with E-state index in [-0.39, 0.29) is 18.7 Å². The lowest BCUT2D eigenvalue weighted by Crippen LogP contribution is -2.20. The standard InChI is InChI=1S/C17H23NO4/c1-2-21-17(19)10-6-9-16(22-12-11-18)14-20-13-15-7-4-3-5-8-15/h3-8,10-11,16,18H,2,9,12-14H2,1H3. The van der Waals surface area contributed by atoms with E-state index in [1.54, 1.807) is 13.0 Å². The fraction of sp³-hybridized carbons (Fsp3) is 0.412. The summed E-state index contributed by atoms with van der Waals surface area (Å²) in [6.45, 7) is 3.26. The molecule has 0 saturated carbocycles. The van der Waals surface area contributed by atoms with Gasteiger partial charge >= 0.3 is 5.97 Å². The van der Waals surface area contributed by atoms with Crippen molar-refractivity contribution in [2.75, 3.05) is 19.8 Å². The molecule has 0 aromatic heterocycles. The van der Waals surface area contributed by atoms with Crippen molar-refractivity contribution < 1.29 is 19.0 Å². The highest BCUT2D eigenvalue weighted by atomic mass is 16.5. The number of esters is 1. The molecule has 1 rings (SSSR count). The first-order valence-corrected chi connectivity index (χ1v) is 7.31. The highest BCUT2D eigenvalue weighted by molar-refractivity contribution is 5.81. The van der Waals surface area contributed by atoms with Crippen molar-refractivity contribution in [1.82, 2.24) is 0 Å². The number of carbonyl (C=O) groups excluding carboxylic acids is 1. The third kappa shape index (κ3) is 8.34. The van der Waals surface area contributed by atoms with E-state index in [0.29, 0.717) is 26.2 Å². The van der Waals surface area contributed by atoms with Crippen molar-refractivity contribution in [3.63, 3.8) is 0 Å². The molecular weight excluding hydrogens is 282 g/mol. The summed E-state index contributed by atoms with van der Waals surface area (Å²) in [5, 5.41) is 7.02. The number of hydrogen-bond acceptors (Lipinski definition) is 5. The molecule has 22 heavy (non-hydrogen) atoms. The Kier molecular flexibility index (Phi) is 9.57. The molecule has 0 aliphatic heterocycles. The number of rotatable bonds is 11. The maximum atomic E-state index is 11.2. The van der Waals surface area contributed by atoms with Gasteiger partial charge in [-0.15, -0.1) is 0 Å². The smallest absolute Gasteiger partial charge is 0.330 e. The zero-order valence-electron chi connectivity index (χ0n) is 12.9. The van der Waals surface area contributed by atoms with Gasteiger partial charge in [-0.1, -0.05) is 36.4 Å². The fourth-order valence-electron chi connectivity index (χ4n) is 1.76. The topological polar surface area (TPSA) is 68.6 Å². The first-order chi connectivity index (χ1) is 10.8. The molecule has 1 aromatic carbocycles. The van der Waals surface area contributed by atoms with Gasteiger partial charge in [-0.2, -0.15) is 0 Å². The number of nitrogens with one attached hydrogen (secondary N) is 1. The van der Waals surface area contributed by atoms with Crippen molar-refractivity contribution >= 4 is 12.2 Å². The second-order valence-corrected chi connectivity index (χ2v) is 4.55. The van der Waals surface area contributed by atoms with Crippen LogP contribution >= 0.6 is 0 Å². The Morgan fingerprint density at radius 3 is 2.77 bits per heavy atom. The molecule has 1 unspecified atom stereocenters. The minimum absolute atomic E-state index is 0.198. The maximum Gasteiger partial charge on any atom is 0.330 e. The van der Waals surface area contributed by atoms with E-state index in [2.05, 4.69) is 0 Å². The van der Waals surface area contributed by atoms with Crippen LogP contribution in [-0.4, -0.2) is 38.1 Å². The molecule has 1 N–H and O–H groups in total. The normalized spacial score (nSPS) is 12.2. The van der Waals surface area contributed by atoms with Crippen molar-refractivity contribution in [3.8, 4) is 0 Å². The van der Waals surface area contributed by atoms with E-state index in [9.17, 15) is 4.79 Å². The number of ether oxygens (including phenoxy) is 3. The third-order valence-electron chi connectivity index (χ3n) is 2.77. The summed E-state index contributed by atoms with van der Waals surface area (Å²) in [6.07, 6.45) is 4.62. The fourth-order valence-corrected chi connectivity index (χ4v) is 1.76. The Morgan fingerprint density at radius 1 is 1.32 bits per heavy atom. The molecule has 0 saturated heterocycles. The largest absolute Gasteiger partial charge is 0.463 e. The van der Waals surface area contributed by atoms with Crippen LogP contribution in [0.15, 0.2) is 42.5 Å². The Balaban J connectivity index is 2.36. The molecule has 0 aliphatic carbocycles. The average molecular weight is 305 g/mol. The van der Waals surface area contributed by atoms with Crippen molar-refractivity contribution in [1.29, 1.82) is 5.41 Å². The maximum absolute atomic E-state index is 11.2. The van der Waals surface area contributed by atoms with Crippen molar-refractivity contribution in [2.45, 2.75) is 26.1 Å². The second kappa shape index (κ2) is 11.7. The molecule has 0 aliphatic rings. The molecule has 5 heteroatoms. The van der Waals surface area contributed by atoms with E-state index < -0.39 is 0 Å². The second-order valence-electron chi connectivity index (χ2n) is 4.55. The van der Waals surface area contributed by atoms with Gasteiger partial charge < -0.3 is 19.6 Å². The van der Waals surface area contributed by atoms with Gasteiger partial charge in [-0.05, 0) is 18.9 Å². The van der Waals surface area contributed by atoms with Crippen LogP contribution in [0.1, 0.15) is 18.9 Å². The van der Waals surface area contributed by atoms with Crippen molar-refractivity contribution in [3.05, 3.63) is 48.0 Å². The zero-order chi connectivity index (χ0) is 16.0. The number of hydrogen-bond donors (Lipinski definition) is 1. The molecule has 0 fully saturated rings. The Bertz CT molecular complexity index is 459. The van der Waals surface area contributed by atoms with Gasteiger partial charge in [0.25, 0.3) is 0 Å². The van der Waals surface area contributed by atoms with Crippen LogP contribution < -0.4 is 0 Å². The molecule has 120 valence electrons. The summed E-state index contributed by atoms with van der Waals surface area (Å²) in [5.74, 6) is -0.362. The Hall–Kier alpha value is -1.98. The van der Waals surface area contributed by atoms with Gasteiger partial charge in [0.1, 0.15) is 0 Å². The van der Waals surface area contributed by atoms with Crippen LogP contribution in [0.25, 0.3) is 0 Å². The van der Waals surface area contributed by atoms with Gasteiger partial charge in [0.05, 0.1) is 32.5 Å². The SMILES string of the molecule is CCOC(=O)C=CCC(COCc1ccccc1)OCC=N. The molecule has 0 bridgehead atoms. The molecule has 0 spiro atoms. The van der Waals surface area contributed by atoms with Crippen LogP contribution in [-0.2, 0) is 25.6 Å². The summed E-state index contributed by atoms with van der Waals surface area (Å²) >= 11 is 0. The van der Waals surface area contributed by atoms with Crippen molar-refractivity contribution in [2.24, 2.45) is 0 Å². The number of benzene rings is 1. The third-order valence-corrected chi connectivity index (χ3v) is 2.77. The summed E-state index contributed by atoms with van der Waals surface area (Å²) in [5.41, 5.74) is 1.09.